The van der Waals surface area contributed by atoms with Crippen LogP contribution in [0.5, 0.6) is 0 Å². The highest BCUT2D eigenvalue weighted by Crippen LogP contribution is 2.31. The molecule has 3 N–H and O–H groups in total. The number of nitrogens with one attached hydrogen (secondary N) is 1. The summed E-state index contributed by atoms with van der Waals surface area (Å²) >= 11 is 1.33. The number of nitrogens with zero attached hydrogens (tertiary/aromatic N) is 1. The Morgan fingerprint density at radius 2 is 2.22 bits per heavy atom. The molecule has 0 aliphatic heterocycles. The predicted octanol–water partition coefficient (Wildman–Crippen LogP) is 2.65. The van der Waals surface area contributed by atoms with Crippen LogP contribution in [-0.4, -0.2) is 17.4 Å². The molecule has 0 aliphatic carbocycles. The zero-order valence-electron chi connectivity index (χ0n) is 10.8. The molecule has 2 rings (SSSR count). The lowest BCUT2D eigenvalue weighted by Crippen LogP contribution is -2.32. The number of aromatic nitrogens is 1. The molecule has 0 spiro atoms. The van der Waals surface area contributed by atoms with E-state index in [4.69, 9.17) is 5.73 Å². The van der Waals surface area contributed by atoms with Crippen LogP contribution < -0.4 is 11.1 Å². The summed E-state index contributed by atoms with van der Waals surface area (Å²) in [7, 11) is 0. The minimum atomic E-state index is -0.120. The molecule has 2 aromatic heterocycles. The first-order valence-corrected chi connectivity index (χ1v) is 6.61. The van der Waals surface area contributed by atoms with Crippen LogP contribution in [0.25, 0.3) is 10.2 Å². The van der Waals surface area contributed by atoms with Crippen LogP contribution >= 0.6 is 11.3 Å². The van der Waals surface area contributed by atoms with Crippen LogP contribution in [0.1, 0.15) is 30.4 Å². The predicted molar refractivity (Wildman–Crippen MR) is 75.8 cm³/mol. The number of carbonyl (C=O) groups excluding carboxylic acids is 1. The van der Waals surface area contributed by atoms with E-state index in [9.17, 15) is 4.79 Å². The van der Waals surface area contributed by atoms with Gasteiger partial charge in [-0.15, -0.1) is 11.3 Å². The van der Waals surface area contributed by atoms with E-state index in [1.54, 1.807) is 6.20 Å². The summed E-state index contributed by atoms with van der Waals surface area (Å²) < 4.78 is 0. The average molecular weight is 263 g/mol. The lowest BCUT2D eigenvalue weighted by molar-refractivity contribution is 0.0944. The maximum atomic E-state index is 12.1. The molecule has 0 aromatic carbocycles. The van der Waals surface area contributed by atoms with E-state index in [-0.39, 0.29) is 11.3 Å². The Morgan fingerprint density at radius 1 is 1.50 bits per heavy atom. The van der Waals surface area contributed by atoms with Gasteiger partial charge in [-0.2, -0.15) is 0 Å². The van der Waals surface area contributed by atoms with Gasteiger partial charge in [0.15, 0.2) is 0 Å². The van der Waals surface area contributed by atoms with Crippen LogP contribution in [0, 0.1) is 5.41 Å². The lowest BCUT2D eigenvalue weighted by Gasteiger charge is -2.18. The largest absolute Gasteiger partial charge is 0.397 e. The van der Waals surface area contributed by atoms with E-state index < -0.39 is 0 Å². The second-order valence-corrected chi connectivity index (χ2v) is 6.44. The normalized spacial score (nSPS) is 11.7. The molecule has 0 atom stereocenters. The minimum absolute atomic E-state index is 0.0549. The van der Waals surface area contributed by atoms with Crippen molar-refractivity contribution < 1.29 is 4.79 Å². The van der Waals surface area contributed by atoms with Crippen LogP contribution in [0.2, 0.25) is 0 Å². The van der Waals surface area contributed by atoms with E-state index >= 15 is 0 Å². The van der Waals surface area contributed by atoms with Crippen molar-refractivity contribution in [3.8, 4) is 0 Å². The summed E-state index contributed by atoms with van der Waals surface area (Å²) in [4.78, 5) is 17.6. The van der Waals surface area contributed by atoms with Gasteiger partial charge in [0.05, 0.1) is 5.69 Å². The Hall–Kier alpha value is -1.62. The fourth-order valence-corrected chi connectivity index (χ4v) is 2.53. The highest BCUT2D eigenvalue weighted by molar-refractivity contribution is 7.21. The van der Waals surface area contributed by atoms with Crippen molar-refractivity contribution in [2.45, 2.75) is 20.8 Å². The number of carbonyl (C=O) groups is 1. The highest BCUT2D eigenvalue weighted by Gasteiger charge is 2.18. The van der Waals surface area contributed by atoms with Gasteiger partial charge < -0.3 is 11.1 Å². The molecule has 0 radical (unpaired) electrons. The van der Waals surface area contributed by atoms with Gasteiger partial charge in [-0.3, -0.25) is 4.79 Å². The number of amides is 1. The maximum Gasteiger partial charge on any atom is 0.263 e. The van der Waals surface area contributed by atoms with E-state index in [0.717, 1.165) is 10.2 Å². The van der Waals surface area contributed by atoms with Crippen LogP contribution in [-0.2, 0) is 0 Å². The molecule has 0 saturated carbocycles. The Morgan fingerprint density at radius 3 is 2.83 bits per heavy atom. The summed E-state index contributed by atoms with van der Waals surface area (Å²) in [5, 5.41) is 3.75. The van der Waals surface area contributed by atoms with Crippen molar-refractivity contribution in [2.24, 2.45) is 5.41 Å². The Bertz CT molecular complexity index is 583. The second kappa shape index (κ2) is 4.57. The second-order valence-electron chi connectivity index (χ2n) is 5.44. The number of nitrogen functional groups attached to an aromatic ring is 1. The van der Waals surface area contributed by atoms with Crippen LogP contribution in [0.4, 0.5) is 5.69 Å². The fourth-order valence-electron chi connectivity index (χ4n) is 1.55. The van der Waals surface area contributed by atoms with Crippen molar-refractivity contribution in [3.05, 3.63) is 23.2 Å². The highest BCUT2D eigenvalue weighted by atomic mass is 32.1. The number of rotatable bonds is 2. The van der Waals surface area contributed by atoms with E-state index in [2.05, 4.69) is 31.1 Å². The SMILES string of the molecule is CC(C)(C)CNC(=O)c1sc2ncccc2c1N. The molecule has 0 unspecified atom stereocenters. The summed E-state index contributed by atoms with van der Waals surface area (Å²) in [5.74, 6) is -0.120. The molecule has 5 heteroatoms. The molecule has 18 heavy (non-hydrogen) atoms. The molecule has 0 saturated heterocycles. The molecular weight excluding hydrogens is 246 g/mol. The number of hydrogen-bond donors (Lipinski definition) is 2. The maximum absolute atomic E-state index is 12.1. The molecule has 1 amide bonds. The van der Waals surface area contributed by atoms with Gasteiger partial charge in [-0.1, -0.05) is 20.8 Å². The van der Waals surface area contributed by atoms with E-state index in [0.29, 0.717) is 17.1 Å². The molecule has 0 bridgehead atoms. The molecule has 2 aromatic rings. The molecule has 4 nitrogen and oxygen atoms in total. The van der Waals surface area contributed by atoms with Crippen molar-refractivity contribution >= 4 is 33.1 Å². The topological polar surface area (TPSA) is 68.0 Å². The van der Waals surface area contributed by atoms with Crippen molar-refractivity contribution in [2.75, 3.05) is 12.3 Å². The molecule has 0 fully saturated rings. The zero-order valence-corrected chi connectivity index (χ0v) is 11.6. The van der Waals surface area contributed by atoms with Gasteiger partial charge in [0, 0.05) is 18.1 Å². The van der Waals surface area contributed by atoms with Crippen LogP contribution in [0.15, 0.2) is 18.3 Å². The van der Waals surface area contributed by atoms with Gasteiger partial charge in [-0.25, -0.2) is 4.98 Å². The zero-order chi connectivity index (χ0) is 13.3. The number of nitrogens with two attached hydrogens (primary N) is 1. The van der Waals surface area contributed by atoms with Crippen molar-refractivity contribution in [3.63, 3.8) is 0 Å². The Kier molecular flexibility index (Phi) is 3.26. The number of pyridine rings is 1. The molecular formula is C13H17N3OS. The Labute approximate surface area is 110 Å². The lowest BCUT2D eigenvalue weighted by atomic mass is 9.97. The molecule has 2 heterocycles. The first-order valence-electron chi connectivity index (χ1n) is 5.80. The monoisotopic (exact) mass is 263 g/mol. The first kappa shape index (κ1) is 12.8. The first-order chi connectivity index (χ1) is 8.38. The summed E-state index contributed by atoms with van der Waals surface area (Å²) in [6.07, 6.45) is 1.70. The van der Waals surface area contributed by atoms with Crippen LogP contribution in [0.3, 0.4) is 0 Å². The molecule has 0 aliphatic rings. The number of thiophene rings is 1. The number of anilines is 1. The van der Waals surface area contributed by atoms with E-state index in [1.807, 2.05) is 12.1 Å². The quantitative estimate of drug-likeness (QED) is 0.875. The van der Waals surface area contributed by atoms with E-state index in [1.165, 1.54) is 11.3 Å². The third-order valence-electron chi connectivity index (χ3n) is 2.49. The molecule has 96 valence electrons. The average Bonchev–Trinajstić information content (AvgIpc) is 2.64. The van der Waals surface area contributed by atoms with Crippen molar-refractivity contribution in [1.82, 2.24) is 10.3 Å². The smallest absolute Gasteiger partial charge is 0.263 e. The van der Waals surface area contributed by atoms with Gasteiger partial charge >= 0.3 is 0 Å². The van der Waals surface area contributed by atoms with Gasteiger partial charge in [-0.05, 0) is 17.5 Å². The van der Waals surface area contributed by atoms with Gasteiger partial charge in [0.2, 0.25) is 0 Å². The van der Waals surface area contributed by atoms with Gasteiger partial charge in [0.25, 0.3) is 5.91 Å². The minimum Gasteiger partial charge on any atom is -0.397 e. The third kappa shape index (κ3) is 2.61. The summed E-state index contributed by atoms with van der Waals surface area (Å²) in [6, 6.07) is 3.71. The standard InChI is InChI=1S/C13H17N3OS/c1-13(2,3)7-16-11(17)10-9(14)8-5-4-6-15-12(8)18-10/h4-6H,7,14H2,1-3H3,(H,16,17). The third-order valence-corrected chi connectivity index (χ3v) is 3.62. The Balaban J connectivity index is 2.26. The fraction of sp³-hybridized carbons (Fsp3) is 0.385. The summed E-state index contributed by atoms with van der Waals surface area (Å²) in [5.41, 5.74) is 6.57. The summed E-state index contributed by atoms with van der Waals surface area (Å²) in [6.45, 7) is 6.84. The number of hydrogen-bond acceptors (Lipinski definition) is 4. The van der Waals surface area contributed by atoms with Gasteiger partial charge in [0.1, 0.15) is 9.71 Å². The number of fused-ring (bicyclic) bond motifs is 1. The van der Waals surface area contributed by atoms with Crippen molar-refractivity contribution in [1.29, 1.82) is 0 Å².